The van der Waals surface area contributed by atoms with Crippen molar-refractivity contribution in [3.05, 3.63) is 18.3 Å². The molecule has 0 aromatic carbocycles. The number of piperazine rings is 1. The van der Waals surface area contributed by atoms with Gasteiger partial charge in [-0.3, -0.25) is 0 Å². The summed E-state index contributed by atoms with van der Waals surface area (Å²) >= 11 is 0. The maximum atomic E-state index is 12.4. The zero-order valence-corrected chi connectivity index (χ0v) is 13.2. The lowest BCUT2D eigenvalue weighted by Gasteiger charge is -2.33. The molecule has 2 fully saturated rings. The van der Waals surface area contributed by atoms with Crippen LogP contribution in [0.3, 0.4) is 0 Å². The molecule has 2 aliphatic rings. The average Bonchev–Trinajstić information content (AvgIpc) is 3.03. The van der Waals surface area contributed by atoms with Gasteiger partial charge in [-0.2, -0.15) is 4.31 Å². The molecule has 0 radical (unpaired) electrons. The topological polar surface area (TPSA) is 56.8 Å². The first kappa shape index (κ1) is 14.7. The van der Waals surface area contributed by atoms with Gasteiger partial charge in [0.25, 0.3) is 0 Å². The van der Waals surface area contributed by atoms with Crippen LogP contribution >= 0.6 is 0 Å². The number of likely N-dealkylation sites (N-methyl/N-ethyl adjacent to an activating group) is 1. The fraction of sp³-hybridized carbons (Fsp3) is 0.643. The number of hydrogen-bond donors (Lipinski definition) is 0. The highest BCUT2D eigenvalue weighted by Gasteiger charge is 2.27. The van der Waals surface area contributed by atoms with Gasteiger partial charge in [0.1, 0.15) is 10.7 Å². The number of anilines is 1. The summed E-state index contributed by atoms with van der Waals surface area (Å²) < 4.78 is 26.4. The number of aromatic nitrogens is 1. The molecule has 0 spiro atoms. The van der Waals surface area contributed by atoms with Gasteiger partial charge in [0.15, 0.2) is 0 Å². The molecule has 0 bridgehead atoms. The normalized spacial score (nSPS) is 21.9. The van der Waals surface area contributed by atoms with Crippen LogP contribution in [-0.2, 0) is 10.0 Å². The first-order valence-corrected chi connectivity index (χ1v) is 8.91. The molecule has 2 aliphatic heterocycles. The van der Waals surface area contributed by atoms with E-state index < -0.39 is 10.0 Å². The maximum absolute atomic E-state index is 12.4. The summed E-state index contributed by atoms with van der Waals surface area (Å²) in [5.41, 5.74) is 0. The van der Waals surface area contributed by atoms with Crippen molar-refractivity contribution in [2.45, 2.75) is 17.7 Å². The molecule has 1 aromatic rings. The number of hydrogen-bond acceptors (Lipinski definition) is 5. The van der Waals surface area contributed by atoms with Crippen LogP contribution in [0.15, 0.2) is 23.2 Å². The molecular weight excluding hydrogens is 288 g/mol. The van der Waals surface area contributed by atoms with Crippen molar-refractivity contribution in [1.82, 2.24) is 14.2 Å². The summed E-state index contributed by atoms with van der Waals surface area (Å²) in [7, 11) is -1.24. The number of nitrogens with zero attached hydrogens (tertiary/aromatic N) is 4. The monoisotopic (exact) mass is 310 g/mol. The van der Waals surface area contributed by atoms with Crippen LogP contribution in [0, 0.1) is 0 Å². The number of rotatable bonds is 3. The fourth-order valence-electron chi connectivity index (χ4n) is 2.83. The van der Waals surface area contributed by atoms with E-state index in [2.05, 4.69) is 21.8 Å². The summed E-state index contributed by atoms with van der Waals surface area (Å²) in [5, 5.41) is 0. The van der Waals surface area contributed by atoms with Crippen molar-refractivity contribution in [3.63, 3.8) is 0 Å². The molecule has 0 N–H and O–H groups in total. The molecule has 1 aromatic heterocycles. The lowest BCUT2D eigenvalue weighted by molar-refractivity contribution is 0.312. The van der Waals surface area contributed by atoms with E-state index in [9.17, 15) is 8.42 Å². The largest absolute Gasteiger partial charge is 0.354 e. The molecule has 7 heteroatoms. The Labute approximate surface area is 126 Å². The van der Waals surface area contributed by atoms with Gasteiger partial charge >= 0.3 is 0 Å². The lowest BCUT2D eigenvalue weighted by atomic mass is 10.3. The fourth-order valence-corrected chi connectivity index (χ4v) is 4.29. The predicted octanol–water partition coefficient (Wildman–Crippen LogP) is 0.618. The Hall–Kier alpha value is -1.18. The van der Waals surface area contributed by atoms with Gasteiger partial charge in [-0.15, -0.1) is 0 Å². The molecule has 0 amide bonds. The van der Waals surface area contributed by atoms with Crippen LogP contribution in [0.2, 0.25) is 0 Å². The highest BCUT2D eigenvalue weighted by atomic mass is 32.2. The molecule has 0 atom stereocenters. The van der Waals surface area contributed by atoms with Gasteiger partial charge in [0.05, 0.1) is 0 Å². The van der Waals surface area contributed by atoms with Crippen molar-refractivity contribution in [2.24, 2.45) is 0 Å². The standard InChI is InChI=1S/C14H22N4O2S/c1-16-8-10-17(11-9-16)14-5-4-13(12-15-14)21(19,20)18-6-2-3-7-18/h4-5,12H,2-3,6-11H2,1H3. The van der Waals surface area contributed by atoms with Gasteiger partial charge in [0.2, 0.25) is 10.0 Å². The number of pyridine rings is 1. The molecule has 0 unspecified atom stereocenters. The average molecular weight is 310 g/mol. The van der Waals surface area contributed by atoms with Crippen molar-refractivity contribution < 1.29 is 8.42 Å². The number of sulfonamides is 1. The van der Waals surface area contributed by atoms with Crippen LogP contribution in [0.4, 0.5) is 5.82 Å². The summed E-state index contributed by atoms with van der Waals surface area (Å²) in [5.74, 6) is 0.864. The second-order valence-corrected chi connectivity index (χ2v) is 7.69. The first-order valence-electron chi connectivity index (χ1n) is 7.47. The molecule has 3 heterocycles. The van der Waals surface area contributed by atoms with Gasteiger partial charge in [0, 0.05) is 45.5 Å². The van der Waals surface area contributed by atoms with Crippen LogP contribution < -0.4 is 4.90 Å². The predicted molar refractivity (Wildman–Crippen MR) is 81.9 cm³/mol. The van der Waals surface area contributed by atoms with E-state index >= 15 is 0 Å². The van der Waals surface area contributed by atoms with Crippen molar-refractivity contribution in [3.8, 4) is 0 Å². The zero-order chi connectivity index (χ0) is 14.9. The van der Waals surface area contributed by atoms with E-state index in [0.717, 1.165) is 44.8 Å². The third-order valence-corrected chi connectivity index (χ3v) is 6.13. The first-order chi connectivity index (χ1) is 10.1. The van der Waals surface area contributed by atoms with Crippen molar-refractivity contribution in [1.29, 1.82) is 0 Å². The van der Waals surface area contributed by atoms with Gasteiger partial charge < -0.3 is 9.80 Å². The molecule has 6 nitrogen and oxygen atoms in total. The van der Waals surface area contributed by atoms with E-state index in [1.54, 1.807) is 10.4 Å². The minimum atomic E-state index is -3.35. The Kier molecular flexibility index (Phi) is 4.14. The molecule has 0 saturated carbocycles. The molecule has 21 heavy (non-hydrogen) atoms. The Morgan fingerprint density at radius 3 is 2.24 bits per heavy atom. The van der Waals surface area contributed by atoms with Crippen LogP contribution in [-0.4, -0.2) is 68.9 Å². The Balaban J connectivity index is 1.74. The van der Waals surface area contributed by atoms with Gasteiger partial charge in [-0.25, -0.2) is 13.4 Å². The highest BCUT2D eigenvalue weighted by Crippen LogP contribution is 2.22. The quantitative estimate of drug-likeness (QED) is 0.819. The van der Waals surface area contributed by atoms with E-state index in [4.69, 9.17) is 0 Å². The summed E-state index contributed by atoms with van der Waals surface area (Å²) in [4.78, 5) is 9.16. The molecule has 2 saturated heterocycles. The van der Waals surface area contributed by atoms with E-state index in [0.29, 0.717) is 18.0 Å². The Morgan fingerprint density at radius 2 is 1.67 bits per heavy atom. The Morgan fingerprint density at radius 1 is 1.00 bits per heavy atom. The zero-order valence-electron chi connectivity index (χ0n) is 12.4. The minimum absolute atomic E-state index is 0.308. The molecule has 0 aliphatic carbocycles. The third-order valence-electron chi connectivity index (χ3n) is 4.25. The Bertz CT molecular complexity index is 573. The third kappa shape index (κ3) is 3.04. The summed E-state index contributed by atoms with van der Waals surface area (Å²) in [6.07, 6.45) is 3.40. The van der Waals surface area contributed by atoms with Crippen LogP contribution in [0.25, 0.3) is 0 Å². The van der Waals surface area contributed by atoms with E-state index in [1.165, 1.54) is 6.20 Å². The van der Waals surface area contributed by atoms with E-state index in [-0.39, 0.29) is 0 Å². The second kappa shape index (κ2) is 5.90. The van der Waals surface area contributed by atoms with E-state index in [1.807, 2.05) is 6.07 Å². The lowest BCUT2D eigenvalue weighted by Crippen LogP contribution is -2.44. The highest BCUT2D eigenvalue weighted by molar-refractivity contribution is 7.89. The van der Waals surface area contributed by atoms with Crippen LogP contribution in [0.5, 0.6) is 0 Å². The summed E-state index contributed by atoms with van der Waals surface area (Å²) in [6.45, 7) is 5.14. The second-order valence-electron chi connectivity index (χ2n) is 5.75. The maximum Gasteiger partial charge on any atom is 0.244 e. The van der Waals surface area contributed by atoms with Gasteiger partial charge in [-0.05, 0) is 32.0 Å². The van der Waals surface area contributed by atoms with Crippen LogP contribution in [0.1, 0.15) is 12.8 Å². The minimum Gasteiger partial charge on any atom is -0.354 e. The molecule has 116 valence electrons. The van der Waals surface area contributed by atoms with Crippen molar-refractivity contribution in [2.75, 3.05) is 51.2 Å². The molecular formula is C14H22N4O2S. The summed E-state index contributed by atoms with van der Waals surface area (Å²) in [6, 6.07) is 3.52. The van der Waals surface area contributed by atoms with Crippen molar-refractivity contribution >= 4 is 15.8 Å². The van der Waals surface area contributed by atoms with Gasteiger partial charge in [-0.1, -0.05) is 0 Å². The smallest absolute Gasteiger partial charge is 0.244 e. The SMILES string of the molecule is CN1CCN(c2ccc(S(=O)(=O)N3CCCC3)cn2)CC1. The molecule has 3 rings (SSSR count).